The summed E-state index contributed by atoms with van der Waals surface area (Å²) in [5.74, 6) is -0.0422. The van der Waals surface area contributed by atoms with Crippen molar-refractivity contribution in [2.45, 2.75) is 26.8 Å². The predicted octanol–water partition coefficient (Wildman–Crippen LogP) is 3.02. The summed E-state index contributed by atoms with van der Waals surface area (Å²) in [5, 5.41) is 6.31. The van der Waals surface area contributed by atoms with Gasteiger partial charge in [0.05, 0.1) is 28.8 Å². The lowest BCUT2D eigenvalue weighted by atomic mass is 10.1. The molecule has 0 spiro atoms. The van der Waals surface area contributed by atoms with Crippen LogP contribution in [0.1, 0.15) is 20.8 Å². The third-order valence-corrected chi connectivity index (χ3v) is 4.07. The average molecular weight is 360 g/mol. The van der Waals surface area contributed by atoms with Crippen LogP contribution in [-0.2, 0) is 9.59 Å². The molecule has 0 saturated heterocycles. The highest BCUT2D eigenvalue weighted by molar-refractivity contribution is 6.39. The molecule has 7 heteroatoms. The van der Waals surface area contributed by atoms with E-state index in [-0.39, 0.29) is 30.9 Å². The van der Waals surface area contributed by atoms with Gasteiger partial charge in [-0.1, -0.05) is 43.1 Å². The Labute approximate surface area is 147 Å². The van der Waals surface area contributed by atoms with Crippen molar-refractivity contribution < 1.29 is 9.59 Å². The zero-order valence-corrected chi connectivity index (χ0v) is 15.3. The third kappa shape index (κ3) is 6.77. The molecule has 1 atom stereocenters. The standard InChI is InChI=1S/C16H23Cl2N3O2/c1-10(2)11(3)19-14(22)8-21(4)9-15(23)20-16-12(17)6-5-7-13(16)18/h5-7,10-11H,8-9H2,1-4H3,(H,19,22)(H,20,23)/t11-/m1/s1. The first-order valence-corrected chi connectivity index (χ1v) is 8.18. The van der Waals surface area contributed by atoms with Gasteiger partial charge in [0.1, 0.15) is 0 Å². The van der Waals surface area contributed by atoms with Crippen molar-refractivity contribution >= 4 is 40.7 Å². The molecule has 2 N–H and O–H groups in total. The van der Waals surface area contributed by atoms with Gasteiger partial charge in [0.25, 0.3) is 0 Å². The lowest BCUT2D eigenvalue weighted by Crippen LogP contribution is -2.43. The van der Waals surface area contributed by atoms with Crippen molar-refractivity contribution in [1.82, 2.24) is 10.2 Å². The van der Waals surface area contributed by atoms with E-state index in [1.54, 1.807) is 30.1 Å². The van der Waals surface area contributed by atoms with Crippen LogP contribution in [0.25, 0.3) is 0 Å². The molecule has 0 fully saturated rings. The number of hydrogen-bond acceptors (Lipinski definition) is 3. The Bertz CT molecular complexity index is 544. The molecule has 5 nitrogen and oxygen atoms in total. The molecule has 2 amide bonds. The van der Waals surface area contributed by atoms with Gasteiger partial charge in [-0.05, 0) is 32.0 Å². The van der Waals surface area contributed by atoms with E-state index in [4.69, 9.17) is 23.2 Å². The minimum atomic E-state index is -0.285. The quantitative estimate of drug-likeness (QED) is 0.786. The molecule has 0 aliphatic carbocycles. The van der Waals surface area contributed by atoms with Crippen LogP contribution in [0.5, 0.6) is 0 Å². The van der Waals surface area contributed by atoms with E-state index in [1.807, 2.05) is 20.8 Å². The van der Waals surface area contributed by atoms with Gasteiger partial charge in [-0.25, -0.2) is 0 Å². The SMILES string of the molecule is CC(C)[C@@H](C)NC(=O)CN(C)CC(=O)Nc1c(Cl)cccc1Cl. The molecule has 0 heterocycles. The summed E-state index contributed by atoms with van der Waals surface area (Å²) < 4.78 is 0. The maximum absolute atomic E-state index is 12.0. The molecule has 1 rings (SSSR count). The molecule has 0 radical (unpaired) electrons. The van der Waals surface area contributed by atoms with E-state index in [1.165, 1.54) is 0 Å². The number of halogens is 2. The van der Waals surface area contributed by atoms with Gasteiger partial charge in [-0.2, -0.15) is 0 Å². The number of likely N-dealkylation sites (N-methyl/N-ethyl adjacent to an activating group) is 1. The molecule has 128 valence electrons. The van der Waals surface area contributed by atoms with Gasteiger partial charge in [-0.15, -0.1) is 0 Å². The smallest absolute Gasteiger partial charge is 0.238 e. The normalized spacial score (nSPS) is 12.3. The van der Waals surface area contributed by atoms with Gasteiger partial charge in [0.15, 0.2) is 0 Å². The number of nitrogens with one attached hydrogen (secondary N) is 2. The molecule has 23 heavy (non-hydrogen) atoms. The Morgan fingerprint density at radius 3 is 2.13 bits per heavy atom. The van der Waals surface area contributed by atoms with Crippen molar-refractivity contribution in [1.29, 1.82) is 0 Å². The number of rotatable bonds is 7. The Morgan fingerprint density at radius 1 is 1.09 bits per heavy atom. The van der Waals surface area contributed by atoms with E-state index in [0.717, 1.165) is 0 Å². The lowest BCUT2D eigenvalue weighted by Gasteiger charge is -2.20. The predicted molar refractivity (Wildman–Crippen MR) is 95.0 cm³/mol. The van der Waals surface area contributed by atoms with E-state index in [9.17, 15) is 9.59 Å². The van der Waals surface area contributed by atoms with Crippen LogP contribution in [0.15, 0.2) is 18.2 Å². The Balaban J connectivity index is 2.49. The first-order valence-electron chi connectivity index (χ1n) is 7.42. The summed E-state index contributed by atoms with van der Waals surface area (Å²) in [6, 6.07) is 5.08. The van der Waals surface area contributed by atoms with Gasteiger partial charge < -0.3 is 10.6 Å². The largest absolute Gasteiger partial charge is 0.352 e. The van der Waals surface area contributed by atoms with E-state index in [2.05, 4.69) is 10.6 Å². The summed E-state index contributed by atoms with van der Waals surface area (Å²) in [6.07, 6.45) is 0. The molecule has 0 unspecified atom stereocenters. The maximum Gasteiger partial charge on any atom is 0.238 e. The lowest BCUT2D eigenvalue weighted by molar-refractivity contribution is -0.123. The molecule has 1 aromatic carbocycles. The maximum atomic E-state index is 12.0. The zero-order valence-electron chi connectivity index (χ0n) is 13.8. The van der Waals surface area contributed by atoms with Gasteiger partial charge >= 0.3 is 0 Å². The van der Waals surface area contributed by atoms with E-state index in [0.29, 0.717) is 21.7 Å². The molecule has 0 aliphatic heterocycles. The van der Waals surface area contributed by atoms with Crippen molar-refractivity contribution in [3.63, 3.8) is 0 Å². The number of nitrogens with zero attached hydrogens (tertiary/aromatic N) is 1. The third-order valence-electron chi connectivity index (χ3n) is 3.44. The topological polar surface area (TPSA) is 61.4 Å². The highest BCUT2D eigenvalue weighted by Gasteiger charge is 2.15. The molecule has 0 aliphatic rings. The van der Waals surface area contributed by atoms with Crippen LogP contribution in [0, 0.1) is 5.92 Å². The van der Waals surface area contributed by atoms with Crippen LogP contribution in [0.3, 0.4) is 0 Å². The monoisotopic (exact) mass is 359 g/mol. The van der Waals surface area contributed by atoms with Crippen LogP contribution >= 0.6 is 23.2 Å². The van der Waals surface area contributed by atoms with Crippen molar-refractivity contribution in [2.24, 2.45) is 5.92 Å². The Morgan fingerprint density at radius 2 is 1.61 bits per heavy atom. The fourth-order valence-corrected chi connectivity index (χ4v) is 2.30. The zero-order chi connectivity index (χ0) is 17.6. The summed E-state index contributed by atoms with van der Waals surface area (Å²) in [5.41, 5.74) is 0.382. The van der Waals surface area contributed by atoms with Crippen LogP contribution in [0.2, 0.25) is 10.0 Å². The summed E-state index contributed by atoms with van der Waals surface area (Å²) in [6.45, 7) is 6.23. The summed E-state index contributed by atoms with van der Waals surface area (Å²) in [7, 11) is 1.70. The number of para-hydroxylation sites is 1. The van der Waals surface area contributed by atoms with E-state index >= 15 is 0 Å². The Kier molecular flexibility index (Phi) is 7.82. The molecule has 0 bridgehead atoms. The number of carbonyl (C=O) groups is 2. The van der Waals surface area contributed by atoms with Crippen molar-refractivity contribution in [2.75, 3.05) is 25.5 Å². The summed E-state index contributed by atoms with van der Waals surface area (Å²) in [4.78, 5) is 25.6. The van der Waals surface area contributed by atoms with Crippen LogP contribution in [0.4, 0.5) is 5.69 Å². The van der Waals surface area contributed by atoms with Crippen molar-refractivity contribution in [3.05, 3.63) is 28.2 Å². The highest BCUT2D eigenvalue weighted by atomic mass is 35.5. The molecule has 0 saturated carbocycles. The minimum Gasteiger partial charge on any atom is -0.352 e. The first-order chi connectivity index (χ1) is 10.7. The number of amides is 2. The second kappa shape index (κ2) is 9.11. The van der Waals surface area contributed by atoms with Crippen LogP contribution < -0.4 is 10.6 Å². The molecule has 1 aromatic rings. The first kappa shape index (κ1) is 19.7. The molecular formula is C16H23Cl2N3O2. The van der Waals surface area contributed by atoms with Gasteiger partial charge in [0, 0.05) is 6.04 Å². The van der Waals surface area contributed by atoms with Crippen molar-refractivity contribution in [3.8, 4) is 0 Å². The average Bonchev–Trinajstić information content (AvgIpc) is 2.42. The number of anilines is 1. The number of carbonyl (C=O) groups excluding carboxylic acids is 2. The molecular weight excluding hydrogens is 337 g/mol. The fraction of sp³-hybridized carbons (Fsp3) is 0.500. The van der Waals surface area contributed by atoms with Gasteiger partial charge in [-0.3, -0.25) is 14.5 Å². The minimum absolute atomic E-state index is 0.0605. The Hall–Kier alpha value is -1.30. The second-order valence-corrected chi connectivity index (χ2v) is 6.73. The number of hydrogen-bond donors (Lipinski definition) is 2. The fourth-order valence-electron chi connectivity index (χ4n) is 1.81. The summed E-state index contributed by atoms with van der Waals surface area (Å²) >= 11 is 12.0. The second-order valence-electron chi connectivity index (χ2n) is 5.92. The van der Waals surface area contributed by atoms with Gasteiger partial charge in [0.2, 0.25) is 11.8 Å². The number of benzene rings is 1. The highest BCUT2D eigenvalue weighted by Crippen LogP contribution is 2.29. The van der Waals surface area contributed by atoms with E-state index < -0.39 is 0 Å². The molecule has 0 aromatic heterocycles. The van der Waals surface area contributed by atoms with Crippen LogP contribution in [-0.4, -0.2) is 42.9 Å².